The minimum absolute atomic E-state index is 0.0174. The number of hydrogen-bond donors (Lipinski definition) is 1. The molecule has 1 fully saturated rings. The van der Waals surface area contributed by atoms with Crippen molar-refractivity contribution in [3.8, 4) is 11.1 Å². The second-order valence-corrected chi connectivity index (χ2v) is 10.1. The van der Waals surface area contributed by atoms with Crippen LogP contribution in [0.4, 0.5) is 10.5 Å². The number of anilines is 1. The van der Waals surface area contributed by atoms with Crippen molar-refractivity contribution in [3.05, 3.63) is 102 Å². The van der Waals surface area contributed by atoms with Gasteiger partial charge < -0.3 is 14.6 Å². The van der Waals surface area contributed by atoms with E-state index in [-0.39, 0.29) is 12.0 Å². The summed E-state index contributed by atoms with van der Waals surface area (Å²) in [5.74, 6) is 0.829. The Morgan fingerprint density at radius 2 is 1.63 bits per heavy atom. The predicted octanol–water partition coefficient (Wildman–Crippen LogP) is 6.65. The van der Waals surface area contributed by atoms with E-state index in [0.717, 1.165) is 53.8 Å². The molecule has 1 aliphatic heterocycles. The smallest absolute Gasteiger partial charge is 0.337 e. The Morgan fingerprint density at radius 3 is 2.29 bits per heavy atom. The molecule has 38 heavy (non-hydrogen) atoms. The molecular formula is C32H31N3O3. The first kappa shape index (κ1) is 24.0. The van der Waals surface area contributed by atoms with E-state index in [9.17, 15) is 9.59 Å². The first-order valence-electron chi connectivity index (χ1n) is 13.2. The molecule has 0 bridgehead atoms. The number of nitrogens with one attached hydrogen (secondary N) is 1. The van der Waals surface area contributed by atoms with Crippen molar-refractivity contribution in [1.29, 1.82) is 0 Å². The third-order valence-electron chi connectivity index (χ3n) is 7.92. The maximum atomic E-state index is 14.0. The summed E-state index contributed by atoms with van der Waals surface area (Å²) in [6.45, 7) is 1.93. The van der Waals surface area contributed by atoms with Crippen LogP contribution in [-0.4, -0.2) is 42.1 Å². The Labute approximate surface area is 222 Å². The maximum Gasteiger partial charge on any atom is 0.337 e. The van der Waals surface area contributed by atoms with Crippen LogP contribution in [-0.2, 0) is 11.3 Å². The number of methoxy groups -OCH3 is 1. The van der Waals surface area contributed by atoms with E-state index in [1.165, 1.54) is 12.5 Å². The van der Waals surface area contributed by atoms with E-state index in [2.05, 4.69) is 53.5 Å². The highest BCUT2D eigenvalue weighted by molar-refractivity contribution is 5.96. The summed E-state index contributed by atoms with van der Waals surface area (Å²) in [4.78, 5) is 33.0. The summed E-state index contributed by atoms with van der Waals surface area (Å²) in [6.07, 6.45) is 8.53. The van der Waals surface area contributed by atoms with Crippen LogP contribution in [0.3, 0.4) is 0 Å². The molecule has 6 heteroatoms. The third kappa shape index (κ3) is 4.58. The number of ether oxygens (including phenoxy) is 1. The zero-order valence-electron chi connectivity index (χ0n) is 21.5. The first-order chi connectivity index (χ1) is 18.6. The molecule has 6 nitrogen and oxygen atoms in total. The van der Waals surface area contributed by atoms with Gasteiger partial charge in [-0.1, -0.05) is 48.6 Å². The lowest BCUT2D eigenvalue weighted by Gasteiger charge is -2.30. The van der Waals surface area contributed by atoms with Crippen molar-refractivity contribution in [2.24, 2.45) is 11.8 Å². The SMILES string of the molecule is COC(=O)c1ccc(CN(C(=O)N2CCC3C=CC3CC2)c2ccc(-c3cccc4[nH]ccc34)cc2)cc1. The van der Waals surface area contributed by atoms with Gasteiger partial charge >= 0.3 is 12.0 Å². The molecule has 2 atom stereocenters. The fourth-order valence-corrected chi connectivity index (χ4v) is 5.60. The van der Waals surface area contributed by atoms with E-state index in [0.29, 0.717) is 23.9 Å². The molecular weight excluding hydrogens is 474 g/mol. The molecule has 1 aromatic heterocycles. The number of carbonyl (C=O) groups is 2. The second kappa shape index (κ2) is 10.2. The first-order valence-corrected chi connectivity index (χ1v) is 13.2. The molecule has 2 amide bonds. The maximum absolute atomic E-state index is 14.0. The highest BCUT2D eigenvalue weighted by Crippen LogP contribution is 2.35. The molecule has 192 valence electrons. The third-order valence-corrected chi connectivity index (χ3v) is 7.92. The Morgan fingerprint density at radius 1 is 0.921 bits per heavy atom. The minimum atomic E-state index is -0.370. The van der Waals surface area contributed by atoms with E-state index in [4.69, 9.17) is 4.74 Å². The van der Waals surface area contributed by atoms with E-state index < -0.39 is 0 Å². The minimum Gasteiger partial charge on any atom is -0.465 e. The van der Waals surface area contributed by atoms with Crippen molar-refractivity contribution in [2.45, 2.75) is 19.4 Å². The van der Waals surface area contributed by atoms with Crippen LogP contribution in [0.1, 0.15) is 28.8 Å². The lowest BCUT2D eigenvalue weighted by Crippen LogP contribution is -2.43. The monoisotopic (exact) mass is 505 g/mol. The number of H-pyrrole nitrogens is 1. The van der Waals surface area contributed by atoms with Crippen LogP contribution < -0.4 is 4.90 Å². The number of nitrogens with zero attached hydrogens (tertiary/aromatic N) is 2. The number of aromatic amines is 1. The molecule has 0 spiro atoms. The number of fused-ring (bicyclic) bond motifs is 2. The summed E-state index contributed by atoms with van der Waals surface area (Å²) in [7, 11) is 1.37. The number of likely N-dealkylation sites (tertiary alicyclic amines) is 1. The van der Waals surface area contributed by atoms with Gasteiger partial charge in [-0.15, -0.1) is 0 Å². The van der Waals surface area contributed by atoms with Crippen LogP contribution >= 0.6 is 0 Å². The number of urea groups is 1. The van der Waals surface area contributed by atoms with Crippen molar-refractivity contribution in [2.75, 3.05) is 25.1 Å². The van der Waals surface area contributed by atoms with Gasteiger partial charge in [0.05, 0.1) is 19.2 Å². The molecule has 3 aromatic carbocycles. The largest absolute Gasteiger partial charge is 0.465 e. The van der Waals surface area contributed by atoms with Gasteiger partial charge in [0.1, 0.15) is 0 Å². The zero-order valence-corrected chi connectivity index (χ0v) is 21.5. The van der Waals surface area contributed by atoms with Crippen LogP contribution in [0, 0.1) is 11.8 Å². The van der Waals surface area contributed by atoms with Gasteiger partial charge in [0.2, 0.25) is 0 Å². The molecule has 2 unspecified atom stereocenters. The number of rotatable bonds is 5. The Bertz CT molecular complexity index is 1470. The fraction of sp³-hybridized carbons (Fsp3) is 0.250. The Kier molecular flexibility index (Phi) is 6.46. The van der Waals surface area contributed by atoms with Crippen molar-refractivity contribution in [1.82, 2.24) is 9.88 Å². The summed E-state index contributed by atoms with van der Waals surface area (Å²) in [6, 6.07) is 23.9. The molecule has 1 saturated heterocycles. The van der Waals surface area contributed by atoms with Crippen molar-refractivity contribution < 1.29 is 14.3 Å². The topological polar surface area (TPSA) is 65.6 Å². The highest BCUT2D eigenvalue weighted by Gasteiger charge is 2.31. The van der Waals surface area contributed by atoms with Gasteiger partial charge in [-0.25, -0.2) is 9.59 Å². The predicted molar refractivity (Wildman–Crippen MR) is 150 cm³/mol. The number of hydrogen-bond acceptors (Lipinski definition) is 3. The standard InChI is InChI=1S/C32H31N3O3/c1-38-31(36)26-7-5-22(6-8-26)21-35(32(37)34-19-16-23-9-10-24(23)17-20-34)27-13-11-25(12-14-27)28-3-2-4-30-29(28)15-18-33-30/h2-15,18,23-24,33H,16-17,19-21H2,1H3. The summed E-state index contributed by atoms with van der Waals surface area (Å²) >= 11 is 0. The fourth-order valence-electron chi connectivity index (χ4n) is 5.60. The van der Waals surface area contributed by atoms with Gasteiger partial charge in [0.25, 0.3) is 0 Å². The van der Waals surface area contributed by atoms with Crippen LogP contribution in [0.5, 0.6) is 0 Å². The average Bonchev–Trinajstić information content (AvgIpc) is 3.38. The number of benzene rings is 3. The van der Waals surface area contributed by atoms with Gasteiger partial charge in [0, 0.05) is 35.9 Å². The molecule has 2 aliphatic rings. The average molecular weight is 506 g/mol. The highest BCUT2D eigenvalue weighted by atomic mass is 16.5. The molecule has 4 aromatic rings. The van der Waals surface area contributed by atoms with Crippen LogP contribution in [0.2, 0.25) is 0 Å². The van der Waals surface area contributed by atoms with Crippen molar-refractivity contribution in [3.63, 3.8) is 0 Å². The molecule has 6 rings (SSSR count). The second-order valence-electron chi connectivity index (χ2n) is 10.1. The molecule has 0 saturated carbocycles. The van der Waals surface area contributed by atoms with E-state index >= 15 is 0 Å². The lowest BCUT2D eigenvalue weighted by molar-refractivity contribution is 0.0600. The number of carbonyl (C=O) groups excluding carboxylic acids is 2. The number of aromatic nitrogens is 1. The summed E-state index contributed by atoms with van der Waals surface area (Å²) in [5, 5.41) is 1.17. The Hall–Kier alpha value is -4.32. The van der Waals surface area contributed by atoms with Crippen molar-refractivity contribution >= 4 is 28.6 Å². The Balaban J connectivity index is 1.29. The molecule has 0 radical (unpaired) electrons. The molecule has 2 heterocycles. The molecule has 1 aliphatic carbocycles. The van der Waals surface area contributed by atoms with Gasteiger partial charge in [0.15, 0.2) is 0 Å². The molecule has 1 N–H and O–H groups in total. The van der Waals surface area contributed by atoms with E-state index in [1.807, 2.05) is 40.3 Å². The number of allylic oxidation sites excluding steroid dienone is 2. The number of esters is 1. The van der Waals surface area contributed by atoms with E-state index in [1.54, 1.807) is 12.1 Å². The zero-order chi connectivity index (χ0) is 26.1. The summed E-state index contributed by atoms with van der Waals surface area (Å²) in [5.41, 5.74) is 5.65. The quantitative estimate of drug-likeness (QED) is 0.244. The normalized spacial score (nSPS) is 18.4. The van der Waals surface area contributed by atoms with Gasteiger partial charge in [-0.2, -0.15) is 0 Å². The van der Waals surface area contributed by atoms with Gasteiger partial charge in [-0.3, -0.25) is 4.90 Å². The van der Waals surface area contributed by atoms with Crippen LogP contribution in [0.15, 0.2) is 91.1 Å². The number of amides is 2. The van der Waals surface area contributed by atoms with Crippen LogP contribution in [0.25, 0.3) is 22.0 Å². The summed E-state index contributed by atoms with van der Waals surface area (Å²) < 4.78 is 4.83. The van der Waals surface area contributed by atoms with Gasteiger partial charge in [-0.05, 0) is 77.8 Å². The lowest BCUT2D eigenvalue weighted by atomic mass is 9.79.